The lowest BCUT2D eigenvalue weighted by molar-refractivity contribution is 0.0489. The van der Waals surface area contributed by atoms with Gasteiger partial charge >= 0.3 is 10.8 Å². The third kappa shape index (κ3) is 4.18. The van der Waals surface area contributed by atoms with Crippen LogP contribution < -0.4 is 14.3 Å². The Kier molecular flexibility index (Phi) is 6.44. The number of carbonyl (C=O) groups excluding carboxylic acids is 1. The van der Waals surface area contributed by atoms with Crippen molar-refractivity contribution in [3.8, 4) is 11.5 Å². The summed E-state index contributed by atoms with van der Waals surface area (Å²) >= 11 is 4.50. The number of nitrogens with zero attached hydrogens (tertiary/aromatic N) is 1. The van der Waals surface area contributed by atoms with Gasteiger partial charge in [-0.1, -0.05) is 11.3 Å². The topological polar surface area (TPSA) is 66.8 Å². The lowest BCUT2D eigenvalue weighted by Gasteiger charge is -2.13. The minimum absolute atomic E-state index is 0.0611. The fourth-order valence-electron chi connectivity index (χ4n) is 2.11. The molecule has 2 aromatic rings. The van der Waals surface area contributed by atoms with E-state index in [1.165, 1.54) is 7.11 Å². The summed E-state index contributed by atoms with van der Waals surface area (Å²) in [6.07, 6.45) is 0. The van der Waals surface area contributed by atoms with Crippen LogP contribution in [0.15, 0.2) is 26.8 Å². The summed E-state index contributed by atoms with van der Waals surface area (Å²) in [5.74, 6) is 0.498. The van der Waals surface area contributed by atoms with Crippen LogP contribution >= 0.6 is 27.3 Å². The van der Waals surface area contributed by atoms with Crippen molar-refractivity contribution in [1.82, 2.24) is 4.57 Å². The molecule has 24 heavy (non-hydrogen) atoms. The third-order valence-electron chi connectivity index (χ3n) is 3.28. The summed E-state index contributed by atoms with van der Waals surface area (Å²) in [4.78, 5) is 23.8. The average molecular weight is 416 g/mol. The number of hydrogen-bond donors (Lipinski definition) is 0. The lowest BCUT2D eigenvalue weighted by atomic mass is 10.2. The number of hydrogen-bond acceptors (Lipinski definition) is 6. The first kappa shape index (κ1) is 18.5. The zero-order valence-electron chi connectivity index (χ0n) is 13.6. The number of benzene rings is 1. The van der Waals surface area contributed by atoms with Crippen LogP contribution in [-0.4, -0.2) is 30.9 Å². The first-order valence-electron chi connectivity index (χ1n) is 7.30. The van der Waals surface area contributed by atoms with Crippen LogP contribution in [-0.2, 0) is 11.3 Å². The highest BCUT2D eigenvalue weighted by Gasteiger charge is 2.16. The second-order valence-electron chi connectivity index (χ2n) is 4.85. The Labute approximate surface area is 152 Å². The molecule has 8 heteroatoms. The summed E-state index contributed by atoms with van der Waals surface area (Å²) in [5.41, 5.74) is 1.20. The number of aryl methyl sites for hydroxylation is 1. The predicted molar refractivity (Wildman–Crippen MR) is 95.5 cm³/mol. The molecule has 0 aliphatic rings. The smallest absolute Gasteiger partial charge is 0.338 e. The highest BCUT2D eigenvalue weighted by molar-refractivity contribution is 9.10. The van der Waals surface area contributed by atoms with Gasteiger partial charge in [-0.3, -0.25) is 9.36 Å². The number of carbonyl (C=O) groups is 1. The van der Waals surface area contributed by atoms with E-state index >= 15 is 0 Å². The van der Waals surface area contributed by atoms with Gasteiger partial charge in [0, 0.05) is 11.1 Å². The maximum Gasteiger partial charge on any atom is 0.338 e. The molecule has 0 radical (unpaired) electrons. The van der Waals surface area contributed by atoms with E-state index in [9.17, 15) is 9.59 Å². The SMILES string of the molecule is CCOc1c(Br)cc(C(=O)OCCn2c(C)csc2=O)cc1OC. The maximum atomic E-state index is 12.2. The van der Waals surface area contributed by atoms with Gasteiger partial charge < -0.3 is 14.2 Å². The molecular weight excluding hydrogens is 398 g/mol. The number of thiazole rings is 1. The zero-order valence-corrected chi connectivity index (χ0v) is 16.0. The quantitative estimate of drug-likeness (QED) is 0.649. The molecule has 130 valence electrons. The van der Waals surface area contributed by atoms with Crippen LogP contribution in [0, 0.1) is 6.92 Å². The van der Waals surface area contributed by atoms with Gasteiger partial charge in [-0.05, 0) is 41.9 Å². The number of rotatable bonds is 7. The number of halogens is 1. The van der Waals surface area contributed by atoms with E-state index in [1.54, 1.807) is 22.1 Å². The molecule has 1 heterocycles. The summed E-state index contributed by atoms with van der Waals surface area (Å²) < 4.78 is 18.2. The van der Waals surface area contributed by atoms with E-state index in [1.807, 2.05) is 13.8 Å². The highest BCUT2D eigenvalue weighted by atomic mass is 79.9. The number of aromatic nitrogens is 1. The van der Waals surface area contributed by atoms with E-state index in [2.05, 4.69) is 15.9 Å². The van der Waals surface area contributed by atoms with Gasteiger partial charge in [0.05, 0.1) is 30.3 Å². The molecule has 6 nitrogen and oxygen atoms in total. The Balaban J connectivity index is 2.07. The molecule has 0 aliphatic heterocycles. The molecule has 0 saturated carbocycles. The molecule has 1 aromatic carbocycles. The van der Waals surface area contributed by atoms with E-state index < -0.39 is 5.97 Å². The predicted octanol–water partition coefficient (Wildman–Crippen LogP) is 3.25. The van der Waals surface area contributed by atoms with E-state index in [0.717, 1.165) is 17.0 Å². The molecule has 2 rings (SSSR count). The second-order valence-corrected chi connectivity index (χ2v) is 6.53. The second kappa shape index (κ2) is 8.34. The monoisotopic (exact) mass is 415 g/mol. The van der Waals surface area contributed by atoms with Gasteiger partial charge in [0.2, 0.25) is 0 Å². The van der Waals surface area contributed by atoms with Crippen LogP contribution in [0.4, 0.5) is 0 Å². The molecule has 0 amide bonds. The average Bonchev–Trinajstić information content (AvgIpc) is 2.88. The third-order valence-corrected chi connectivity index (χ3v) is 4.75. The summed E-state index contributed by atoms with van der Waals surface area (Å²) in [5, 5.41) is 1.78. The van der Waals surface area contributed by atoms with Crippen LogP contribution in [0.3, 0.4) is 0 Å². The van der Waals surface area contributed by atoms with Gasteiger partial charge in [-0.15, -0.1) is 0 Å². The molecule has 0 aliphatic carbocycles. The Morgan fingerprint density at radius 3 is 2.71 bits per heavy atom. The Hall–Kier alpha value is -1.80. The van der Waals surface area contributed by atoms with Crippen molar-refractivity contribution in [2.75, 3.05) is 20.3 Å². The Morgan fingerprint density at radius 2 is 2.12 bits per heavy atom. The van der Waals surface area contributed by atoms with Crippen molar-refractivity contribution in [2.45, 2.75) is 20.4 Å². The highest BCUT2D eigenvalue weighted by Crippen LogP contribution is 2.36. The van der Waals surface area contributed by atoms with Gasteiger partial charge in [-0.25, -0.2) is 4.79 Å². The van der Waals surface area contributed by atoms with Crippen molar-refractivity contribution in [1.29, 1.82) is 0 Å². The van der Waals surface area contributed by atoms with Gasteiger partial charge in [0.1, 0.15) is 6.61 Å². The first-order valence-corrected chi connectivity index (χ1v) is 8.97. The van der Waals surface area contributed by atoms with E-state index in [4.69, 9.17) is 14.2 Å². The van der Waals surface area contributed by atoms with Gasteiger partial charge in [-0.2, -0.15) is 0 Å². The number of methoxy groups -OCH3 is 1. The minimum atomic E-state index is -0.488. The first-order chi connectivity index (χ1) is 11.5. The maximum absolute atomic E-state index is 12.2. The normalized spacial score (nSPS) is 10.5. The summed E-state index contributed by atoms with van der Waals surface area (Å²) in [6, 6.07) is 3.19. The molecule has 0 unspecified atom stereocenters. The molecule has 0 bridgehead atoms. The van der Waals surface area contributed by atoms with Crippen LogP contribution in [0.5, 0.6) is 11.5 Å². The van der Waals surface area contributed by atoms with Crippen LogP contribution in [0.25, 0.3) is 0 Å². The molecule has 1 aromatic heterocycles. The molecule has 0 fully saturated rings. The van der Waals surface area contributed by atoms with Crippen molar-refractivity contribution >= 4 is 33.2 Å². The Bertz CT molecular complexity index is 783. The Morgan fingerprint density at radius 1 is 1.38 bits per heavy atom. The minimum Gasteiger partial charge on any atom is -0.493 e. The fraction of sp³-hybridized carbons (Fsp3) is 0.375. The van der Waals surface area contributed by atoms with Crippen LogP contribution in [0.1, 0.15) is 23.0 Å². The van der Waals surface area contributed by atoms with Gasteiger partial charge in [0.25, 0.3) is 0 Å². The largest absolute Gasteiger partial charge is 0.493 e. The van der Waals surface area contributed by atoms with Crippen molar-refractivity contribution in [3.05, 3.63) is 42.9 Å². The molecule has 0 atom stereocenters. The van der Waals surface area contributed by atoms with Crippen molar-refractivity contribution in [3.63, 3.8) is 0 Å². The lowest BCUT2D eigenvalue weighted by Crippen LogP contribution is -2.19. The number of esters is 1. The standard InChI is InChI=1S/C16H18BrNO5S/c1-4-22-14-12(17)7-11(8-13(14)21-3)15(19)23-6-5-18-10(2)9-24-16(18)20/h7-9H,4-6H2,1-3H3. The van der Waals surface area contributed by atoms with Gasteiger partial charge in [0.15, 0.2) is 11.5 Å². The summed E-state index contributed by atoms with van der Waals surface area (Å²) in [7, 11) is 1.51. The van der Waals surface area contributed by atoms with E-state index in [0.29, 0.717) is 34.7 Å². The van der Waals surface area contributed by atoms with Crippen molar-refractivity contribution < 1.29 is 19.0 Å². The van der Waals surface area contributed by atoms with E-state index in [-0.39, 0.29) is 11.5 Å². The molecule has 0 spiro atoms. The molecule has 0 N–H and O–H groups in total. The zero-order chi connectivity index (χ0) is 17.7. The molecular formula is C16H18BrNO5S. The van der Waals surface area contributed by atoms with Crippen molar-refractivity contribution in [2.24, 2.45) is 0 Å². The summed E-state index contributed by atoms with van der Waals surface area (Å²) in [6.45, 7) is 4.63. The number of ether oxygens (including phenoxy) is 3. The van der Waals surface area contributed by atoms with Crippen LogP contribution in [0.2, 0.25) is 0 Å². The fourth-order valence-corrected chi connectivity index (χ4v) is 3.43. The molecule has 0 saturated heterocycles.